The molecule has 2 heterocycles. The Labute approximate surface area is 206 Å². The first-order valence-electron chi connectivity index (χ1n) is 12.2. The molecule has 36 heavy (non-hydrogen) atoms. The Kier molecular flexibility index (Phi) is 6.65. The molecule has 7 nitrogen and oxygen atoms in total. The van der Waals surface area contributed by atoms with Crippen molar-refractivity contribution in [2.24, 2.45) is 0 Å². The van der Waals surface area contributed by atoms with Gasteiger partial charge in [-0.05, 0) is 55.9 Å². The third kappa shape index (κ3) is 4.67. The summed E-state index contributed by atoms with van der Waals surface area (Å²) in [4.78, 5) is 28.4. The maximum absolute atomic E-state index is 14.2. The van der Waals surface area contributed by atoms with Gasteiger partial charge in [0.1, 0.15) is 18.5 Å². The van der Waals surface area contributed by atoms with Crippen molar-refractivity contribution in [2.45, 2.75) is 55.8 Å². The number of hydrogen-bond acceptors (Lipinski definition) is 5. The summed E-state index contributed by atoms with van der Waals surface area (Å²) in [7, 11) is 0. The van der Waals surface area contributed by atoms with E-state index in [1.807, 2.05) is 0 Å². The van der Waals surface area contributed by atoms with Crippen LogP contribution in [0, 0.1) is 17.5 Å². The van der Waals surface area contributed by atoms with E-state index in [1.165, 1.54) is 12.1 Å². The number of likely N-dealkylation sites (tertiary alicyclic amines) is 1. The van der Waals surface area contributed by atoms with E-state index in [9.17, 15) is 27.9 Å². The number of cyclic esters (lactones) is 1. The van der Waals surface area contributed by atoms with Crippen LogP contribution in [-0.4, -0.2) is 58.8 Å². The topological polar surface area (TPSA) is 82.1 Å². The van der Waals surface area contributed by atoms with Gasteiger partial charge < -0.3 is 15.2 Å². The van der Waals surface area contributed by atoms with Crippen LogP contribution in [0.25, 0.3) is 0 Å². The van der Waals surface area contributed by atoms with Crippen molar-refractivity contribution < 1.29 is 32.6 Å². The number of aliphatic hydroxyl groups is 1. The van der Waals surface area contributed by atoms with Crippen molar-refractivity contribution in [3.63, 3.8) is 0 Å². The van der Waals surface area contributed by atoms with Crippen molar-refractivity contribution in [3.05, 3.63) is 71.0 Å². The number of imide groups is 1. The largest absolute Gasteiger partial charge is 0.446 e. The second kappa shape index (κ2) is 9.74. The second-order valence-electron chi connectivity index (χ2n) is 9.81. The highest BCUT2D eigenvalue weighted by atomic mass is 19.2. The van der Waals surface area contributed by atoms with E-state index >= 15 is 0 Å². The third-order valence-corrected chi connectivity index (χ3v) is 7.64. The van der Waals surface area contributed by atoms with Crippen molar-refractivity contribution in [3.8, 4) is 0 Å². The zero-order valence-corrected chi connectivity index (χ0v) is 19.6. The lowest BCUT2D eigenvalue weighted by atomic mass is 9.77. The van der Waals surface area contributed by atoms with Gasteiger partial charge in [0.2, 0.25) is 0 Å². The second-order valence-corrected chi connectivity index (χ2v) is 9.81. The van der Waals surface area contributed by atoms with Gasteiger partial charge in [0, 0.05) is 30.7 Å². The molecule has 0 spiro atoms. The van der Waals surface area contributed by atoms with Crippen LogP contribution in [0.4, 0.5) is 22.8 Å². The van der Waals surface area contributed by atoms with Crippen LogP contribution in [0.3, 0.4) is 0 Å². The number of ether oxygens (including phenoxy) is 1. The summed E-state index contributed by atoms with van der Waals surface area (Å²) in [5, 5.41) is 13.9. The Bertz CT molecular complexity index is 1160. The number of nitrogens with one attached hydrogen (secondary N) is 1. The lowest BCUT2D eigenvalue weighted by Crippen LogP contribution is -2.48. The van der Waals surface area contributed by atoms with Crippen LogP contribution in [0.1, 0.15) is 49.3 Å². The summed E-state index contributed by atoms with van der Waals surface area (Å²) in [6.07, 6.45) is 2.13. The standard InChI is InChI=1S/C26H28F3N3O4/c27-20-4-2-1-3-19(20)26(35)10-7-18(8-11-26)31-12-9-17(14-31)30-24(33)32-23(15-36-25(32)34)16-5-6-21(28)22(29)13-16/h1-6,13,17-18,23,35H,7-12,14-15H2,(H,30,33)/t17-,18?,23-,26?/m1/s1. The fourth-order valence-electron chi connectivity index (χ4n) is 5.65. The van der Waals surface area contributed by atoms with Crippen LogP contribution in [0.2, 0.25) is 0 Å². The van der Waals surface area contributed by atoms with Gasteiger partial charge in [-0.1, -0.05) is 24.3 Å². The van der Waals surface area contributed by atoms with E-state index in [4.69, 9.17) is 4.74 Å². The normalized spacial score (nSPS) is 28.8. The van der Waals surface area contributed by atoms with E-state index in [0.29, 0.717) is 44.2 Å². The van der Waals surface area contributed by atoms with Crippen LogP contribution >= 0.6 is 0 Å². The number of benzene rings is 2. The zero-order valence-electron chi connectivity index (χ0n) is 19.6. The predicted molar refractivity (Wildman–Crippen MR) is 123 cm³/mol. The maximum Gasteiger partial charge on any atom is 0.418 e. The SMILES string of the molecule is O=C(N[C@@H]1CCN(C2CCC(O)(c3ccccc3F)CC2)C1)N1C(=O)OC[C@@H]1c1ccc(F)c(F)c1. The summed E-state index contributed by atoms with van der Waals surface area (Å²) in [6, 6.07) is 8.08. The molecule has 5 rings (SSSR count). The lowest BCUT2D eigenvalue weighted by molar-refractivity contribution is -0.0249. The number of rotatable bonds is 4. The molecule has 2 atom stereocenters. The minimum atomic E-state index is -1.18. The highest BCUT2D eigenvalue weighted by molar-refractivity contribution is 5.92. The first kappa shape index (κ1) is 24.6. The van der Waals surface area contributed by atoms with Crippen molar-refractivity contribution in [1.82, 2.24) is 15.1 Å². The van der Waals surface area contributed by atoms with E-state index in [1.54, 1.807) is 18.2 Å². The van der Waals surface area contributed by atoms with Gasteiger partial charge in [0.15, 0.2) is 11.6 Å². The number of halogens is 3. The molecule has 2 N–H and O–H groups in total. The van der Waals surface area contributed by atoms with Crippen LogP contribution in [0.5, 0.6) is 0 Å². The molecular weight excluding hydrogens is 475 g/mol. The number of hydrogen-bond donors (Lipinski definition) is 2. The Morgan fingerprint density at radius 3 is 2.50 bits per heavy atom. The smallest absolute Gasteiger partial charge is 0.418 e. The van der Waals surface area contributed by atoms with Crippen molar-refractivity contribution in [2.75, 3.05) is 19.7 Å². The monoisotopic (exact) mass is 503 g/mol. The molecule has 10 heteroatoms. The summed E-state index contributed by atoms with van der Waals surface area (Å²) in [5.74, 6) is -2.47. The van der Waals surface area contributed by atoms with Crippen LogP contribution in [-0.2, 0) is 10.3 Å². The molecule has 2 aromatic rings. The minimum absolute atomic E-state index is 0.138. The molecule has 3 aliphatic rings. The predicted octanol–water partition coefficient (Wildman–Crippen LogP) is 4.21. The van der Waals surface area contributed by atoms with Gasteiger partial charge in [0.25, 0.3) is 0 Å². The van der Waals surface area contributed by atoms with E-state index < -0.39 is 41.2 Å². The molecule has 2 aromatic carbocycles. The molecule has 1 saturated carbocycles. The molecule has 2 saturated heterocycles. The average Bonchev–Trinajstić information content (AvgIpc) is 3.48. The van der Waals surface area contributed by atoms with Crippen LogP contribution < -0.4 is 5.32 Å². The molecule has 2 aliphatic heterocycles. The highest BCUT2D eigenvalue weighted by Gasteiger charge is 2.42. The fourth-order valence-corrected chi connectivity index (χ4v) is 5.65. The maximum atomic E-state index is 14.2. The van der Waals surface area contributed by atoms with Gasteiger partial charge in [-0.15, -0.1) is 0 Å². The number of amides is 3. The molecule has 0 aromatic heterocycles. The third-order valence-electron chi connectivity index (χ3n) is 7.64. The average molecular weight is 504 g/mol. The van der Waals surface area contributed by atoms with Gasteiger partial charge >= 0.3 is 12.1 Å². The molecule has 0 bridgehead atoms. The van der Waals surface area contributed by atoms with E-state index in [-0.39, 0.29) is 24.3 Å². The summed E-state index contributed by atoms with van der Waals surface area (Å²) < 4.78 is 46.3. The highest BCUT2D eigenvalue weighted by Crippen LogP contribution is 2.40. The fraction of sp³-hybridized carbons (Fsp3) is 0.462. The van der Waals surface area contributed by atoms with Gasteiger partial charge in [0.05, 0.1) is 5.60 Å². The number of nitrogens with zero attached hydrogens (tertiary/aromatic N) is 2. The summed E-state index contributed by atoms with van der Waals surface area (Å²) in [6.45, 7) is 1.18. The molecule has 0 unspecified atom stereocenters. The summed E-state index contributed by atoms with van der Waals surface area (Å²) >= 11 is 0. The zero-order chi connectivity index (χ0) is 25.4. The lowest BCUT2D eigenvalue weighted by Gasteiger charge is -2.40. The quantitative estimate of drug-likeness (QED) is 0.653. The number of urea groups is 1. The number of carbonyl (C=O) groups is 2. The summed E-state index contributed by atoms with van der Waals surface area (Å²) in [5.41, 5.74) is -0.573. The first-order chi connectivity index (χ1) is 17.2. The molecule has 3 amide bonds. The van der Waals surface area contributed by atoms with Gasteiger partial charge in [-0.25, -0.2) is 27.7 Å². The molecule has 192 valence electrons. The van der Waals surface area contributed by atoms with Crippen molar-refractivity contribution in [1.29, 1.82) is 0 Å². The Morgan fingerprint density at radius 1 is 1.03 bits per heavy atom. The Hall–Kier alpha value is -3.11. The van der Waals surface area contributed by atoms with Crippen LogP contribution in [0.15, 0.2) is 42.5 Å². The Morgan fingerprint density at radius 2 is 1.78 bits per heavy atom. The Balaban J connectivity index is 1.18. The molecular formula is C26H28F3N3O4. The molecule has 1 aliphatic carbocycles. The van der Waals surface area contributed by atoms with E-state index in [0.717, 1.165) is 23.6 Å². The molecule has 0 radical (unpaired) electrons. The minimum Gasteiger partial charge on any atom is -0.446 e. The number of carbonyl (C=O) groups excluding carboxylic acids is 2. The first-order valence-corrected chi connectivity index (χ1v) is 12.2. The van der Waals surface area contributed by atoms with Gasteiger partial charge in [-0.3, -0.25) is 4.90 Å². The molecule has 3 fully saturated rings. The van der Waals surface area contributed by atoms with Gasteiger partial charge in [-0.2, -0.15) is 0 Å². The van der Waals surface area contributed by atoms with E-state index in [2.05, 4.69) is 10.2 Å². The van der Waals surface area contributed by atoms with Crippen molar-refractivity contribution >= 4 is 12.1 Å².